The Labute approximate surface area is 197 Å². The third-order valence-electron chi connectivity index (χ3n) is 6.40. The Hall–Kier alpha value is -4.26. The van der Waals surface area contributed by atoms with Crippen LogP contribution < -0.4 is 19.5 Å². The highest BCUT2D eigenvalue weighted by molar-refractivity contribution is 5.85. The van der Waals surface area contributed by atoms with Crippen LogP contribution in [0.15, 0.2) is 78.6 Å². The fourth-order valence-electron chi connectivity index (χ4n) is 4.92. The van der Waals surface area contributed by atoms with E-state index in [4.69, 9.17) is 14.2 Å². The zero-order chi connectivity index (χ0) is 23.2. The first kappa shape index (κ1) is 20.4. The van der Waals surface area contributed by atoms with E-state index in [0.29, 0.717) is 17.4 Å². The Morgan fingerprint density at radius 3 is 2.62 bits per heavy atom. The van der Waals surface area contributed by atoms with Gasteiger partial charge in [0, 0.05) is 16.7 Å². The molecule has 2 atom stereocenters. The fraction of sp³-hybridized carbons (Fsp3) is 0.185. The van der Waals surface area contributed by atoms with E-state index >= 15 is 0 Å². The molecule has 2 aliphatic rings. The number of hydrogen-bond donors (Lipinski definition) is 1. The highest BCUT2D eigenvalue weighted by atomic mass is 16.5. The van der Waals surface area contributed by atoms with E-state index in [0.717, 1.165) is 39.3 Å². The van der Waals surface area contributed by atoms with Gasteiger partial charge in [-0.05, 0) is 30.7 Å². The van der Waals surface area contributed by atoms with Crippen LogP contribution in [0.4, 0.5) is 5.95 Å². The zero-order valence-electron chi connectivity index (χ0n) is 19.1. The summed E-state index contributed by atoms with van der Waals surface area (Å²) < 4.78 is 20.1. The number of ether oxygens (including phenoxy) is 3. The van der Waals surface area contributed by atoms with Gasteiger partial charge in [0.25, 0.3) is 0 Å². The van der Waals surface area contributed by atoms with Crippen molar-refractivity contribution in [3.05, 3.63) is 101 Å². The van der Waals surface area contributed by atoms with Crippen molar-refractivity contribution in [2.45, 2.75) is 19.1 Å². The Kier molecular flexibility index (Phi) is 4.76. The molecule has 0 saturated heterocycles. The summed E-state index contributed by atoms with van der Waals surface area (Å²) in [7, 11) is 3.29. The number of fused-ring (bicyclic) bond motifs is 3. The van der Waals surface area contributed by atoms with Gasteiger partial charge in [0.05, 0.1) is 19.9 Å². The van der Waals surface area contributed by atoms with Gasteiger partial charge in [-0.2, -0.15) is 10.1 Å². The molecule has 7 nitrogen and oxygen atoms in total. The number of benzene rings is 3. The molecule has 3 heterocycles. The molecule has 2 unspecified atom stereocenters. The van der Waals surface area contributed by atoms with E-state index in [-0.39, 0.29) is 6.04 Å². The molecule has 4 aromatic rings. The third kappa shape index (κ3) is 3.04. The van der Waals surface area contributed by atoms with Crippen molar-refractivity contribution in [1.82, 2.24) is 14.8 Å². The van der Waals surface area contributed by atoms with E-state index in [2.05, 4.69) is 46.6 Å². The van der Waals surface area contributed by atoms with Gasteiger partial charge in [0.15, 0.2) is 17.6 Å². The van der Waals surface area contributed by atoms with Crippen LogP contribution in [0.5, 0.6) is 17.2 Å². The van der Waals surface area contributed by atoms with Gasteiger partial charge in [0.1, 0.15) is 18.1 Å². The maximum absolute atomic E-state index is 6.73. The predicted molar refractivity (Wildman–Crippen MR) is 129 cm³/mol. The maximum Gasteiger partial charge on any atom is 0.226 e. The summed E-state index contributed by atoms with van der Waals surface area (Å²) in [6.45, 7) is 2.08. The molecule has 0 radical (unpaired) electrons. The first-order chi connectivity index (χ1) is 16.7. The van der Waals surface area contributed by atoms with Crippen LogP contribution in [0.25, 0.3) is 5.70 Å². The standard InChI is InChI=1S/C27H24N4O3/c1-16-12-13-20-19(14-16)23-22(26(34-20)18-10-7-11-21(32-2)25(18)33-3)24(17-8-5-4-6-9-17)31-27(30-23)28-15-29-31/h4-15,24,26H,1-3H3,(H,28,29,30). The topological polar surface area (TPSA) is 70.4 Å². The van der Waals surface area contributed by atoms with E-state index in [9.17, 15) is 0 Å². The summed E-state index contributed by atoms with van der Waals surface area (Å²) in [5.41, 5.74) is 6.14. The monoisotopic (exact) mass is 452 g/mol. The van der Waals surface area contributed by atoms with Crippen molar-refractivity contribution in [3.63, 3.8) is 0 Å². The van der Waals surface area contributed by atoms with Crippen molar-refractivity contribution in [1.29, 1.82) is 0 Å². The number of anilines is 1. The molecule has 0 fully saturated rings. The summed E-state index contributed by atoms with van der Waals surface area (Å²) in [5, 5.41) is 8.13. The lowest BCUT2D eigenvalue weighted by Gasteiger charge is -2.39. The second-order valence-electron chi connectivity index (χ2n) is 8.38. The van der Waals surface area contributed by atoms with Crippen molar-refractivity contribution in [2.24, 2.45) is 0 Å². The molecule has 0 spiro atoms. The third-order valence-corrected chi connectivity index (χ3v) is 6.40. The van der Waals surface area contributed by atoms with Gasteiger partial charge < -0.3 is 19.5 Å². The smallest absolute Gasteiger partial charge is 0.226 e. The Balaban J connectivity index is 1.66. The van der Waals surface area contributed by atoms with E-state index in [1.807, 2.05) is 47.1 Å². The Morgan fingerprint density at radius 1 is 0.971 bits per heavy atom. The first-order valence-electron chi connectivity index (χ1n) is 11.1. The van der Waals surface area contributed by atoms with Crippen molar-refractivity contribution >= 4 is 11.6 Å². The highest BCUT2D eigenvalue weighted by Crippen LogP contribution is 2.52. The van der Waals surface area contributed by atoms with Crippen LogP contribution in [0.2, 0.25) is 0 Å². The first-order valence-corrected chi connectivity index (χ1v) is 11.1. The number of hydrogen-bond acceptors (Lipinski definition) is 6. The number of nitrogens with zero attached hydrogens (tertiary/aromatic N) is 3. The zero-order valence-corrected chi connectivity index (χ0v) is 19.1. The van der Waals surface area contributed by atoms with Crippen LogP contribution in [0.3, 0.4) is 0 Å². The van der Waals surface area contributed by atoms with Crippen LogP contribution in [-0.4, -0.2) is 29.0 Å². The van der Waals surface area contributed by atoms with Crippen molar-refractivity contribution in [2.75, 3.05) is 19.5 Å². The molecular weight excluding hydrogens is 428 g/mol. The molecule has 1 aromatic heterocycles. The van der Waals surface area contributed by atoms with E-state index in [1.165, 1.54) is 0 Å². The molecule has 6 rings (SSSR count). The lowest BCUT2D eigenvalue weighted by molar-refractivity contribution is 0.216. The van der Waals surface area contributed by atoms with Gasteiger partial charge in [-0.25, -0.2) is 4.68 Å². The number of nitrogens with one attached hydrogen (secondary N) is 1. The molecule has 0 bridgehead atoms. The average Bonchev–Trinajstić information content (AvgIpc) is 3.35. The molecule has 0 aliphatic carbocycles. The minimum atomic E-state index is -0.440. The number of aryl methyl sites for hydroxylation is 1. The fourth-order valence-corrected chi connectivity index (χ4v) is 4.92. The molecule has 34 heavy (non-hydrogen) atoms. The largest absolute Gasteiger partial charge is 0.493 e. The van der Waals surface area contributed by atoms with Gasteiger partial charge in [-0.1, -0.05) is 54.1 Å². The van der Waals surface area contributed by atoms with Gasteiger partial charge in [0.2, 0.25) is 5.95 Å². The molecule has 170 valence electrons. The SMILES string of the molecule is COc1cccc(C2Oc3ccc(C)cc3C3=C2C(c2ccccc2)n2ncnc2N3)c1OC. The second-order valence-corrected chi connectivity index (χ2v) is 8.38. The van der Waals surface area contributed by atoms with Gasteiger partial charge >= 0.3 is 0 Å². The normalized spacial score (nSPS) is 18.2. The quantitative estimate of drug-likeness (QED) is 0.461. The van der Waals surface area contributed by atoms with Gasteiger partial charge in [-0.15, -0.1) is 0 Å². The lowest BCUT2D eigenvalue weighted by Crippen LogP contribution is -2.32. The van der Waals surface area contributed by atoms with Gasteiger partial charge in [-0.3, -0.25) is 0 Å². The second kappa shape index (κ2) is 7.95. The molecule has 0 saturated carbocycles. The summed E-state index contributed by atoms with van der Waals surface area (Å²) >= 11 is 0. The van der Waals surface area contributed by atoms with Crippen molar-refractivity contribution < 1.29 is 14.2 Å². The molecule has 3 aromatic carbocycles. The highest BCUT2D eigenvalue weighted by Gasteiger charge is 2.42. The molecule has 7 heteroatoms. The van der Waals surface area contributed by atoms with Crippen LogP contribution in [-0.2, 0) is 0 Å². The Bertz CT molecular complexity index is 1410. The summed E-state index contributed by atoms with van der Waals surface area (Å²) in [4.78, 5) is 4.50. The van der Waals surface area contributed by atoms with Crippen molar-refractivity contribution in [3.8, 4) is 17.2 Å². The van der Waals surface area contributed by atoms with Crippen LogP contribution >= 0.6 is 0 Å². The number of rotatable bonds is 4. The summed E-state index contributed by atoms with van der Waals surface area (Å²) in [6, 6.07) is 22.2. The lowest BCUT2D eigenvalue weighted by atomic mass is 9.84. The molecular formula is C27H24N4O3. The molecule has 2 aliphatic heterocycles. The van der Waals surface area contributed by atoms with Crippen LogP contribution in [0.1, 0.15) is 34.4 Å². The number of aromatic nitrogens is 3. The van der Waals surface area contributed by atoms with E-state index < -0.39 is 6.10 Å². The van der Waals surface area contributed by atoms with Crippen LogP contribution in [0, 0.1) is 6.92 Å². The maximum atomic E-state index is 6.73. The number of para-hydroxylation sites is 1. The van der Waals surface area contributed by atoms with E-state index in [1.54, 1.807) is 20.5 Å². The predicted octanol–water partition coefficient (Wildman–Crippen LogP) is 5.16. The Morgan fingerprint density at radius 2 is 1.82 bits per heavy atom. The molecule has 1 N–H and O–H groups in total. The average molecular weight is 453 g/mol. The summed E-state index contributed by atoms with van der Waals surface area (Å²) in [5.74, 6) is 2.79. The summed E-state index contributed by atoms with van der Waals surface area (Å²) in [6.07, 6.45) is 1.14. The minimum Gasteiger partial charge on any atom is -0.493 e. The minimum absolute atomic E-state index is 0.218. The molecule has 0 amide bonds. The number of methoxy groups -OCH3 is 2.